The van der Waals surface area contributed by atoms with Gasteiger partial charge in [-0.3, -0.25) is 29.4 Å². The first-order valence-electron chi connectivity index (χ1n) is 10.8. The number of hydrogen-bond acceptors (Lipinski definition) is 5. The standard InChI is InChI=1S/C24H23ClN4O4/c1-12-15(25)8-7-14-20(12)27-23(33)24(14)19-18(16(28-24)11-17(26)30)21(31)29(22(19)32)10-9-13-5-3-2-4-6-13/h2-8,16,18-19,28H,9-11H2,1H3,(H2,26,30)(H,27,33)/t16-,18-,19-,24-/m1/s1. The number of anilines is 1. The number of likely N-dealkylation sites (tertiary alicyclic amines) is 1. The van der Waals surface area contributed by atoms with Crippen molar-refractivity contribution in [3.05, 3.63) is 64.2 Å². The maximum absolute atomic E-state index is 13.7. The van der Waals surface area contributed by atoms with Crippen LogP contribution in [-0.2, 0) is 31.1 Å². The molecule has 5 rings (SSSR count). The van der Waals surface area contributed by atoms with Gasteiger partial charge in [-0.15, -0.1) is 0 Å². The zero-order chi connectivity index (χ0) is 23.5. The van der Waals surface area contributed by atoms with E-state index in [2.05, 4.69) is 10.6 Å². The third-order valence-corrected chi connectivity index (χ3v) is 7.47. The second-order valence-corrected chi connectivity index (χ2v) is 9.25. The van der Waals surface area contributed by atoms with E-state index in [-0.39, 0.29) is 18.9 Å². The minimum atomic E-state index is -1.47. The summed E-state index contributed by atoms with van der Waals surface area (Å²) < 4.78 is 0. The summed E-state index contributed by atoms with van der Waals surface area (Å²) in [4.78, 5) is 53.6. The van der Waals surface area contributed by atoms with Gasteiger partial charge in [0.1, 0.15) is 5.54 Å². The van der Waals surface area contributed by atoms with Gasteiger partial charge in [-0.2, -0.15) is 0 Å². The van der Waals surface area contributed by atoms with E-state index in [1.54, 1.807) is 19.1 Å². The van der Waals surface area contributed by atoms with E-state index in [4.69, 9.17) is 17.3 Å². The van der Waals surface area contributed by atoms with Crippen molar-refractivity contribution in [2.75, 3.05) is 11.9 Å². The number of imide groups is 1. The van der Waals surface area contributed by atoms with Gasteiger partial charge in [-0.05, 0) is 30.5 Å². The lowest BCUT2D eigenvalue weighted by molar-refractivity contribution is -0.142. The average molecular weight is 467 g/mol. The molecule has 4 amide bonds. The quantitative estimate of drug-likeness (QED) is 0.576. The van der Waals surface area contributed by atoms with Crippen LogP contribution in [0, 0.1) is 18.8 Å². The molecule has 8 nitrogen and oxygen atoms in total. The predicted molar refractivity (Wildman–Crippen MR) is 121 cm³/mol. The number of fused-ring (bicyclic) bond motifs is 4. The van der Waals surface area contributed by atoms with Crippen molar-refractivity contribution >= 4 is 40.9 Å². The lowest BCUT2D eigenvalue weighted by Crippen LogP contribution is -2.53. The Kier molecular flexibility index (Phi) is 5.02. The molecule has 1 spiro atoms. The zero-order valence-corrected chi connectivity index (χ0v) is 18.7. The third kappa shape index (κ3) is 3.08. The number of nitrogens with two attached hydrogens (primary N) is 1. The summed E-state index contributed by atoms with van der Waals surface area (Å²) in [5, 5.41) is 6.51. The maximum Gasteiger partial charge on any atom is 0.250 e. The van der Waals surface area contributed by atoms with E-state index < -0.39 is 41.1 Å². The fourth-order valence-corrected chi connectivity index (χ4v) is 5.70. The number of amides is 4. The Balaban J connectivity index is 1.56. The number of carbonyl (C=O) groups is 4. The molecule has 4 atom stereocenters. The molecule has 3 aliphatic heterocycles. The van der Waals surface area contributed by atoms with Crippen LogP contribution in [0.1, 0.15) is 23.1 Å². The van der Waals surface area contributed by atoms with Crippen molar-refractivity contribution in [2.24, 2.45) is 17.6 Å². The Labute approximate surface area is 195 Å². The number of nitrogens with zero attached hydrogens (tertiary/aromatic N) is 1. The summed E-state index contributed by atoms with van der Waals surface area (Å²) >= 11 is 6.26. The molecule has 0 bridgehead atoms. The average Bonchev–Trinajstić information content (AvgIpc) is 3.35. The molecule has 3 aliphatic rings. The largest absolute Gasteiger partial charge is 0.370 e. The molecule has 0 aromatic heterocycles. The van der Waals surface area contributed by atoms with Crippen LogP contribution in [0.15, 0.2) is 42.5 Å². The van der Waals surface area contributed by atoms with Crippen LogP contribution in [0.4, 0.5) is 5.69 Å². The van der Waals surface area contributed by atoms with Crippen LogP contribution < -0.4 is 16.4 Å². The molecule has 170 valence electrons. The Morgan fingerprint density at radius 1 is 1.12 bits per heavy atom. The highest BCUT2D eigenvalue weighted by Crippen LogP contribution is 2.54. The number of rotatable bonds is 5. The molecule has 9 heteroatoms. The van der Waals surface area contributed by atoms with Crippen molar-refractivity contribution in [1.82, 2.24) is 10.2 Å². The molecule has 0 unspecified atom stereocenters. The van der Waals surface area contributed by atoms with Gasteiger partial charge in [0.05, 0.1) is 17.5 Å². The highest BCUT2D eigenvalue weighted by atomic mass is 35.5. The molecule has 2 aromatic rings. The van der Waals surface area contributed by atoms with E-state index in [1.165, 1.54) is 4.90 Å². The smallest absolute Gasteiger partial charge is 0.250 e. The second-order valence-electron chi connectivity index (χ2n) is 8.85. The van der Waals surface area contributed by atoms with Crippen LogP contribution in [-0.4, -0.2) is 41.1 Å². The van der Waals surface area contributed by atoms with Crippen LogP contribution in [0.3, 0.4) is 0 Å². The minimum Gasteiger partial charge on any atom is -0.370 e. The number of benzene rings is 2. The van der Waals surface area contributed by atoms with E-state index in [1.807, 2.05) is 30.3 Å². The van der Waals surface area contributed by atoms with Gasteiger partial charge in [-0.25, -0.2) is 0 Å². The first-order valence-corrected chi connectivity index (χ1v) is 11.2. The molecule has 0 aliphatic carbocycles. The van der Waals surface area contributed by atoms with Crippen molar-refractivity contribution < 1.29 is 19.2 Å². The van der Waals surface area contributed by atoms with Crippen LogP contribution >= 0.6 is 11.6 Å². The molecule has 0 radical (unpaired) electrons. The first kappa shape index (κ1) is 21.6. The minimum absolute atomic E-state index is 0.163. The fourth-order valence-electron chi connectivity index (χ4n) is 5.55. The number of nitrogens with one attached hydrogen (secondary N) is 2. The van der Waals surface area contributed by atoms with Gasteiger partial charge in [0.2, 0.25) is 23.6 Å². The Bertz CT molecular complexity index is 1200. The van der Waals surface area contributed by atoms with E-state index >= 15 is 0 Å². The summed E-state index contributed by atoms with van der Waals surface area (Å²) in [5.41, 5.74) is 6.74. The van der Waals surface area contributed by atoms with Gasteiger partial charge < -0.3 is 11.1 Å². The first-order chi connectivity index (χ1) is 15.8. The van der Waals surface area contributed by atoms with Crippen LogP contribution in [0.5, 0.6) is 0 Å². The SMILES string of the molecule is Cc1c(Cl)ccc2c1NC(=O)[C@@]21N[C@H](CC(N)=O)[C@H]2C(=O)N(CCc3ccccc3)C(=O)[C@@H]21. The number of primary amides is 1. The zero-order valence-electron chi connectivity index (χ0n) is 17.9. The molecular formula is C24H23ClN4O4. The molecule has 2 saturated heterocycles. The van der Waals surface area contributed by atoms with Gasteiger partial charge in [0, 0.05) is 29.6 Å². The van der Waals surface area contributed by atoms with E-state index in [9.17, 15) is 19.2 Å². The molecular weight excluding hydrogens is 444 g/mol. The van der Waals surface area contributed by atoms with Crippen molar-refractivity contribution in [3.8, 4) is 0 Å². The fraction of sp³-hybridized carbons (Fsp3) is 0.333. The summed E-state index contributed by atoms with van der Waals surface area (Å²) in [6.45, 7) is 1.98. The highest BCUT2D eigenvalue weighted by Gasteiger charge is 2.70. The van der Waals surface area contributed by atoms with Crippen molar-refractivity contribution in [1.29, 1.82) is 0 Å². The normalized spacial score (nSPS) is 27.8. The van der Waals surface area contributed by atoms with Crippen molar-refractivity contribution in [3.63, 3.8) is 0 Å². The number of carbonyl (C=O) groups excluding carboxylic acids is 4. The highest BCUT2D eigenvalue weighted by molar-refractivity contribution is 6.32. The topological polar surface area (TPSA) is 122 Å². The Morgan fingerprint density at radius 2 is 1.85 bits per heavy atom. The maximum atomic E-state index is 13.7. The molecule has 3 heterocycles. The summed E-state index contributed by atoms with van der Waals surface area (Å²) in [7, 11) is 0. The van der Waals surface area contributed by atoms with E-state index in [0.29, 0.717) is 28.3 Å². The number of hydrogen-bond donors (Lipinski definition) is 3. The lowest BCUT2D eigenvalue weighted by Gasteiger charge is -2.29. The Morgan fingerprint density at radius 3 is 2.55 bits per heavy atom. The summed E-state index contributed by atoms with van der Waals surface area (Å²) in [6, 6.07) is 12.2. The van der Waals surface area contributed by atoms with Gasteiger partial charge in [0.15, 0.2) is 0 Å². The monoisotopic (exact) mass is 466 g/mol. The molecule has 33 heavy (non-hydrogen) atoms. The lowest BCUT2D eigenvalue weighted by atomic mass is 9.76. The summed E-state index contributed by atoms with van der Waals surface area (Å²) in [5.74, 6) is -3.70. The van der Waals surface area contributed by atoms with Gasteiger partial charge >= 0.3 is 0 Å². The molecule has 2 aromatic carbocycles. The second kappa shape index (κ2) is 7.67. The van der Waals surface area contributed by atoms with Crippen LogP contribution in [0.25, 0.3) is 0 Å². The Hall–Kier alpha value is -3.23. The number of halogens is 1. The molecule has 4 N–H and O–H groups in total. The van der Waals surface area contributed by atoms with Gasteiger partial charge in [0.25, 0.3) is 0 Å². The predicted octanol–water partition coefficient (Wildman–Crippen LogP) is 1.49. The third-order valence-electron chi connectivity index (χ3n) is 7.06. The van der Waals surface area contributed by atoms with Crippen LogP contribution in [0.2, 0.25) is 5.02 Å². The van der Waals surface area contributed by atoms with Gasteiger partial charge in [-0.1, -0.05) is 48.0 Å². The summed E-state index contributed by atoms with van der Waals surface area (Å²) in [6.07, 6.45) is 0.333. The molecule has 2 fully saturated rings. The molecule has 0 saturated carbocycles. The van der Waals surface area contributed by atoms with E-state index in [0.717, 1.165) is 5.56 Å². The van der Waals surface area contributed by atoms with Crippen molar-refractivity contribution in [2.45, 2.75) is 31.3 Å².